The molecule has 3 saturated heterocycles. The summed E-state index contributed by atoms with van der Waals surface area (Å²) in [6.45, 7) is 14.8. The third kappa shape index (κ3) is 5.95. The molecule has 7 nitrogen and oxygen atoms in total. The van der Waals surface area contributed by atoms with Gasteiger partial charge in [0.25, 0.3) is 0 Å². The molecule has 2 unspecified atom stereocenters. The molecule has 3 heterocycles. The summed E-state index contributed by atoms with van der Waals surface area (Å²) in [5, 5.41) is 9.21. The van der Waals surface area contributed by atoms with Crippen molar-refractivity contribution in [3.63, 3.8) is 0 Å². The largest absolute Gasteiger partial charge is 0.396 e. The molecule has 3 aliphatic heterocycles. The van der Waals surface area contributed by atoms with Crippen LogP contribution in [0.15, 0.2) is 25.3 Å². The zero-order valence-electron chi connectivity index (χ0n) is 22.9. The highest BCUT2D eigenvalue weighted by Gasteiger charge is 2.73. The molecule has 8 heteroatoms. The third-order valence-electron chi connectivity index (χ3n) is 8.22. The fraction of sp³-hybridized carbons (Fsp3) is 0.759. The molecule has 208 valence electrons. The van der Waals surface area contributed by atoms with Crippen LogP contribution in [-0.4, -0.2) is 92.9 Å². The van der Waals surface area contributed by atoms with E-state index in [2.05, 4.69) is 27.0 Å². The molecule has 2 bridgehead atoms. The molecule has 1 N–H and O–H groups in total. The van der Waals surface area contributed by atoms with E-state index >= 15 is 0 Å². The number of rotatable bonds is 17. The summed E-state index contributed by atoms with van der Waals surface area (Å²) in [4.78, 5) is 47.8. The number of aliphatic hydroxyl groups excluding tert-OH is 1. The van der Waals surface area contributed by atoms with Gasteiger partial charge in [0, 0.05) is 44.6 Å². The number of thioether (sulfide) groups is 1. The van der Waals surface area contributed by atoms with Crippen molar-refractivity contribution in [3.8, 4) is 0 Å². The van der Waals surface area contributed by atoms with E-state index in [9.17, 15) is 14.4 Å². The van der Waals surface area contributed by atoms with Crippen LogP contribution >= 0.6 is 11.8 Å². The molecule has 0 aromatic rings. The predicted octanol–water partition coefficient (Wildman–Crippen LogP) is 3.87. The van der Waals surface area contributed by atoms with Gasteiger partial charge in [0.1, 0.15) is 6.04 Å². The third-order valence-corrected chi connectivity index (χ3v) is 10.2. The summed E-state index contributed by atoms with van der Waals surface area (Å²) in [6.07, 6.45) is 11.3. The summed E-state index contributed by atoms with van der Waals surface area (Å²) in [6, 6.07) is -0.536. The van der Waals surface area contributed by atoms with Gasteiger partial charge in [-0.25, -0.2) is 0 Å². The van der Waals surface area contributed by atoms with Crippen molar-refractivity contribution >= 4 is 29.5 Å². The number of likely N-dealkylation sites (tertiary alicyclic amines) is 1. The van der Waals surface area contributed by atoms with Gasteiger partial charge in [-0.1, -0.05) is 45.3 Å². The Balaban J connectivity index is 1.94. The summed E-state index contributed by atoms with van der Waals surface area (Å²) in [7, 11) is 0. The van der Waals surface area contributed by atoms with Crippen LogP contribution in [0.1, 0.15) is 71.6 Å². The first-order chi connectivity index (χ1) is 17.9. The summed E-state index contributed by atoms with van der Waals surface area (Å²) in [5.74, 6) is -0.786. The van der Waals surface area contributed by atoms with Gasteiger partial charge in [-0.3, -0.25) is 14.4 Å². The SMILES string of the molecule is C=CCN(CCCC)C(=O)C1N(CCCCCCO)C(=O)[C@@H]2[C@H](C(=O)N(CC=C)CCC)[C@@H]3CCC12S3. The smallest absolute Gasteiger partial charge is 0.247 e. The number of hydrogen-bond donors (Lipinski definition) is 1. The van der Waals surface area contributed by atoms with Crippen LogP contribution in [0.4, 0.5) is 0 Å². The van der Waals surface area contributed by atoms with E-state index in [0.29, 0.717) is 32.7 Å². The van der Waals surface area contributed by atoms with Gasteiger partial charge in [-0.05, 0) is 38.5 Å². The van der Waals surface area contributed by atoms with Crippen molar-refractivity contribution in [2.45, 2.75) is 87.7 Å². The molecule has 0 saturated carbocycles. The standard InChI is InChI=1S/C29H47N3O4S/c1-5-9-19-31(18-8-4)28(36)25-29-15-14-22(37-29)23(26(34)30(16-6-2)17-7-3)24(29)27(35)32(25)20-12-10-11-13-21-33/h6,8,22-25,33H,2,4-5,7,9-21H2,1,3H3/t22-,23+,24-,25?,29?/m0/s1. The van der Waals surface area contributed by atoms with Crippen molar-refractivity contribution in [1.29, 1.82) is 0 Å². The molecule has 0 radical (unpaired) electrons. The molecule has 37 heavy (non-hydrogen) atoms. The second-order valence-corrected chi connectivity index (χ2v) is 12.3. The topological polar surface area (TPSA) is 81.2 Å². The van der Waals surface area contributed by atoms with Crippen LogP contribution in [0.3, 0.4) is 0 Å². The van der Waals surface area contributed by atoms with E-state index in [-0.39, 0.29) is 35.5 Å². The normalized spacial score (nSPS) is 27.9. The lowest BCUT2D eigenvalue weighted by Crippen LogP contribution is -2.55. The van der Waals surface area contributed by atoms with E-state index < -0.39 is 16.7 Å². The average Bonchev–Trinajstić information content (AvgIpc) is 3.53. The Labute approximate surface area is 227 Å². The molecular weight excluding hydrogens is 486 g/mol. The number of nitrogens with zero attached hydrogens (tertiary/aromatic N) is 3. The quantitative estimate of drug-likeness (QED) is 0.227. The lowest BCUT2D eigenvalue weighted by Gasteiger charge is -2.37. The number of carbonyl (C=O) groups is 3. The van der Waals surface area contributed by atoms with Crippen molar-refractivity contribution in [2.75, 3.05) is 39.3 Å². The molecule has 0 aromatic heterocycles. The van der Waals surface area contributed by atoms with Crippen molar-refractivity contribution < 1.29 is 19.5 Å². The highest BCUT2D eigenvalue weighted by Crippen LogP contribution is 2.66. The van der Waals surface area contributed by atoms with Gasteiger partial charge in [0.15, 0.2) is 0 Å². The molecule has 1 spiro atoms. The van der Waals surface area contributed by atoms with Crippen molar-refractivity contribution in [1.82, 2.24) is 14.7 Å². The highest BCUT2D eigenvalue weighted by molar-refractivity contribution is 8.02. The van der Waals surface area contributed by atoms with E-state index in [4.69, 9.17) is 5.11 Å². The van der Waals surface area contributed by atoms with E-state index in [1.54, 1.807) is 23.9 Å². The minimum absolute atomic E-state index is 0.0114. The maximum atomic E-state index is 14.2. The first-order valence-electron chi connectivity index (χ1n) is 14.3. The minimum Gasteiger partial charge on any atom is -0.396 e. The summed E-state index contributed by atoms with van der Waals surface area (Å²) in [5.41, 5.74) is 0. The lowest BCUT2D eigenvalue weighted by atomic mass is 9.70. The van der Waals surface area contributed by atoms with Gasteiger partial charge >= 0.3 is 0 Å². The second-order valence-electron chi connectivity index (χ2n) is 10.7. The zero-order valence-corrected chi connectivity index (χ0v) is 23.7. The molecule has 3 aliphatic rings. The second kappa shape index (κ2) is 13.8. The van der Waals surface area contributed by atoms with Crippen molar-refractivity contribution in [2.24, 2.45) is 11.8 Å². The van der Waals surface area contributed by atoms with Crippen LogP contribution in [0.25, 0.3) is 0 Å². The molecule has 3 amide bonds. The summed E-state index contributed by atoms with van der Waals surface area (Å²) >= 11 is 1.75. The molecule has 3 fully saturated rings. The highest BCUT2D eigenvalue weighted by atomic mass is 32.2. The number of carbonyl (C=O) groups excluding carboxylic acids is 3. The monoisotopic (exact) mass is 533 g/mol. The Hall–Kier alpha value is -1.80. The Bertz CT molecular complexity index is 836. The lowest BCUT2D eigenvalue weighted by molar-refractivity contribution is -0.144. The molecule has 0 aliphatic carbocycles. The molecule has 0 aromatic carbocycles. The van der Waals surface area contributed by atoms with Crippen LogP contribution in [0.5, 0.6) is 0 Å². The Morgan fingerprint density at radius 3 is 2.32 bits per heavy atom. The van der Waals surface area contributed by atoms with Crippen LogP contribution in [-0.2, 0) is 14.4 Å². The van der Waals surface area contributed by atoms with Crippen LogP contribution < -0.4 is 0 Å². The molecule has 3 rings (SSSR count). The number of fused-ring (bicyclic) bond motifs is 1. The van der Waals surface area contributed by atoms with E-state index in [1.807, 2.05) is 14.7 Å². The van der Waals surface area contributed by atoms with Crippen molar-refractivity contribution in [3.05, 3.63) is 25.3 Å². The van der Waals surface area contributed by atoms with Gasteiger partial charge in [-0.15, -0.1) is 24.9 Å². The fourth-order valence-electron chi connectivity index (χ4n) is 6.60. The molecule has 5 atom stereocenters. The number of aliphatic hydroxyl groups is 1. The van der Waals surface area contributed by atoms with E-state index in [0.717, 1.165) is 57.8 Å². The van der Waals surface area contributed by atoms with Gasteiger partial charge in [-0.2, -0.15) is 0 Å². The predicted molar refractivity (Wildman–Crippen MR) is 150 cm³/mol. The van der Waals surface area contributed by atoms with Crippen LogP contribution in [0, 0.1) is 11.8 Å². The number of amides is 3. The Morgan fingerprint density at radius 2 is 1.70 bits per heavy atom. The maximum absolute atomic E-state index is 14.2. The van der Waals surface area contributed by atoms with Gasteiger partial charge in [0.2, 0.25) is 17.7 Å². The molecular formula is C29H47N3O4S. The van der Waals surface area contributed by atoms with Gasteiger partial charge in [0.05, 0.1) is 16.6 Å². The van der Waals surface area contributed by atoms with Gasteiger partial charge < -0.3 is 19.8 Å². The number of hydrogen-bond acceptors (Lipinski definition) is 5. The fourth-order valence-corrected chi connectivity index (χ4v) is 8.81. The zero-order chi connectivity index (χ0) is 27.0. The average molecular weight is 534 g/mol. The maximum Gasteiger partial charge on any atom is 0.247 e. The first kappa shape index (κ1) is 29.8. The number of unbranched alkanes of at least 4 members (excludes halogenated alkanes) is 4. The van der Waals surface area contributed by atoms with E-state index in [1.165, 1.54) is 0 Å². The van der Waals surface area contributed by atoms with Crippen LogP contribution in [0.2, 0.25) is 0 Å². The first-order valence-corrected chi connectivity index (χ1v) is 15.2. The Kier molecular flexibility index (Phi) is 11.1. The minimum atomic E-state index is -0.540. The Morgan fingerprint density at radius 1 is 1.03 bits per heavy atom. The summed E-state index contributed by atoms with van der Waals surface area (Å²) < 4.78 is -0.540.